The summed E-state index contributed by atoms with van der Waals surface area (Å²) in [6, 6.07) is 3.49. The highest BCUT2D eigenvalue weighted by molar-refractivity contribution is 5.98. The Morgan fingerprint density at radius 3 is 2.61 bits per heavy atom. The Hall–Kier alpha value is -1.91. The molecule has 5 heteroatoms. The van der Waals surface area contributed by atoms with Crippen molar-refractivity contribution in [3.8, 4) is 0 Å². The molecule has 1 aromatic rings. The Morgan fingerprint density at radius 1 is 1.17 bits per heavy atom. The Morgan fingerprint density at radius 2 is 1.91 bits per heavy atom. The van der Waals surface area contributed by atoms with Gasteiger partial charge in [-0.15, -0.1) is 0 Å². The van der Waals surface area contributed by atoms with Gasteiger partial charge < -0.3 is 10.6 Å². The summed E-state index contributed by atoms with van der Waals surface area (Å²) in [4.78, 5) is 28.5. The summed E-state index contributed by atoms with van der Waals surface area (Å²) in [5.41, 5.74) is 0.805. The fourth-order valence-corrected chi connectivity index (χ4v) is 2.86. The molecule has 2 amide bonds. The van der Waals surface area contributed by atoms with Crippen LogP contribution in [0, 0.1) is 0 Å². The minimum atomic E-state index is -0.220. The summed E-state index contributed by atoms with van der Waals surface area (Å²) in [5, 5.41) is 5.92. The summed E-state index contributed by atoms with van der Waals surface area (Å²) in [6.07, 6.45) is 10.4. The summed E-state index contributed by atoms with van der Waals surface area (Å²) >= 11 is 0. The Labute approximate surface area is 138 Å². The van der Waals surface area contributed by atoms with Gasteiger partial charge in [-0.25, -0.2) is 0 Å². The van der Waals surface area contributed by atoms with Gasteiger partial charge in [-0.3, -0.25) is 14.6 Å². The van der Waals surface area contributed by atoms with Crippen LogP contribution in [0.3, 0.4) is 0 Å². The van der Waals surface area contributed by atoms with E-state index in [1.165, 1.54) is 31.9 Å². The molecule has 2 N–H and O–H groups in total. The molecule has 2 rings (SSSR count). The van der Waals surface area contributed by atoms with Crippen LogP contribution in [0.5, 0.6) is 0 Å². The number of hydrogen-bond acceptors (Lipinski definition) is 3. The second-order valence-corrected chi connectivity index (χ2v) is 6.20. The van der Waals surface area contributed by atoms with Crippen LogP contribution in [0.4, 0.5) is 0 Å². The highest BCUT2D eigenvalue weighted by Crippen LogP contribution is 2.17. The quantitative estimate of drug-likeness (QED) is 0.626. The first kappa shape index (κ1) is 17.4. The normalized spacial score (nSPS) is 15.7. The van der Waals surface area contributed by atoms with Crippen molar-refractivity contribution in [1.29, 1.82) is 0 Å². The van der Waals surface area contributed by atoms with Crippen molar-refractivity contribution in [2.45, 2.75) is 64.3 Å². The highest BCUT2D eigenvalue weighted by Gasteiger charge is 2.17. The van der Waals surface area contributed by atoms with E-state index in [2.05, 4.69) is 22.5 Å². The summed E-state index contributed by atoms with van der Waals surface area (Å²) in [5.74, 6) is -0.329. The summed E-state index contributed by atoms with van der Waals surface area (Å²) in [7, 11) is 0. The molecule has 1 saturated carbocycles. The molecule has 0 atom stereocenters. The van der Waals surface area contributed by atoms with E-state index in [1.54, 1.807) is 12.1 Å². The molecule has 1 aliphatic rings. The monoisotopic (exact) mass is 317 g/mol. The van der Waals surface area contributed by atoms with Crippen molar-refractivity contribution in [3.63, 3.8) is 0 Å². The largest absolute Gasteiger partial charge is 0.351 e. The zero-order valence-electron chi connectivity index (χ0n) is 13.9. The zero-order valence-corrected chi connectivity index (χ0v) is 13.9. The number of carbonyl (C=O) groups excluding carboxylic acids is 2. The van der Waals surface area contributed by atoms with Crippen LogP contribution in [-0.4, -0.2) is 29.4 Å². The lowest BCUT2D eigenvalue weighted by Gasteiger charge is -2.16. The van der Waals surface area contributed by atoms with E-state index in [-0.39, 0.29) is 17.9 Å². The first-order chi connectivity index (χ1) is 11.2. The number of aromatic nitrogens is 1. The maximum absolute atomic E-state index is 12.4. The first-order valence-corrected chi connectivity index (χ1v) is 8.76. The SMILES string of the molecule is CCCCNC(=O)c1cc(C(=O)NC2CCCCCC2)ccn1. The molecule has 1 aromatic heterocycles. The van der Waals surface area contributed by atoms with Crippen LogP contribution in [0.25, 0.3) is 0 Å². The molecular weight excluding hydrogens is 290 g/mol. The average molecular weight is 317 g/mol. The number of unbranched alkanes of at least 4 members (excludes halogenated alkanes) is 1. The maximum atomic E-state index is 12.4. The fraction of sp³-hybridized carbons (Fsp3) is 0.611. The molecule has 1 fully saturated rings. The fourth-order valence-electron chi connectivity index (χ4n) is 2.86. The van der Waals surface area contributed by atoms with Gasteiger partial charge in [-0.05, 0) is 31.4 Å². The second kappa shape index (κ2) is 9.28. The Bertz CT molecular complexity index is 523. The van der Waals surface area contributed by atoms with Gasteiger partial charge in [0.2, 0.25) is 0 Å². The Balaban J connectivity index is 1.94. The highest BCUT2D eigenvalue weighted by atomic mass is 16.2. The van der Waals surface area contributed by atoms with Crippen LogP contribution in [-0.2, 0) is 0 Å². The predicted molar refractivity (Wildman–Crippen MR) is 90.4 cm³/mol. The van der Waals surface area contributed by atoms with Crippen molar-refractivity contribution in [1.82, 2.24) is 15.6 Å². The Kier molecular flexibility index (Phi) is 7.04. The molecule has 5 nitrogen and oxygen atoms in total. The third kappa shape index (κ3) is 5.66. The van der Waals surface area contributed by atoms with Gasteiger partial charge in [0.25, 0.3) is 11.8 Å². The van der Waals surface area contributed by atoms with E-state index < -0.39 is 0 Å². The van der Waals surface area contributed by atoms with Gasteiger partial charge >= 0.3 is 0 Å². The smallest absolute Gasteiger partial charge is 0.269 e. The van der Waals surface area contributed by atoms with Crippen LogP contribution < -0.4 is 10.6 Å². The van der Waals surface area contributed by atoms with Gasteiger partial charge in [0, 0.05) is 24.3 Å². The van der Waals surface area contributed by atoms with Gasteiger partial charge in [-0.2, -0.15) is 0 Å². The van der Waals surface area contributed by atoms with Crippen molar-refractivity contribution in [2.75, 3.05) is 6.54 Å². The minimum absolute atomic E-state index is 0.109. The van der Waals surface area contributed by atoms with Crippen molar-refractivity contribution < 1.29 is 9.59 Å². The topological polar surface area (TPSA) is 71.1 Å². The van der Waals surface area contributed by atoms with Gasteiger partial charge in [-0.1, -0.05) is 39.0 Å². The molecule has 0 radical (unpaired) electrons. The third-order valence-electron chi connectivity index (χ3n) is 4.26. The standard InChI is InChI=1S/C18H27N3O2/c1-2-3-11-20-18(23)16-13-14(10-12-19-16)17(22)21-15-8-6-4-5-7-9-15/h10,12-13,15H,2-9,11H2,1H3,(H,20,23)(H,21,22). The third-order valence-corrected chi connectivity index (χ3v) is 4.26. The predicted octanol–water partition coefficient (Wildman–Crippen LogP) is 3.06. The van der Waals surface area contributed by atoms with Crippen LogP contribution >= 0.6 is 0 Å². The van der Waals surface area contributed by atoms with Crippen LogP contribution in [0.2, 0.25) is 0 Å². The number of rotatable bonds is 6. The molecule has 126 valence electrons. The maximum Gasteiger partial charge on any atom is 0.269 e. The zero-order chi connectivity index (χ0) is 16.5. The molecule has 0 bridgehead atoms. The molecule has 0 aromatic carbocycles. The second-order valence-electron chi connectivity index (χ2n) is 6.20. The van der Waals surface area contributed by atoms with E-state index in [9.17, 15) is 9.59 Å². The molecule has 1 heterocycles. The summed E-state index contributed by atoms with van der Waals surface area (Å²) in [6.45, 7) is 2.71. The van der Waals surface area contributed by atoms with E-state index in [1.807, 2.05) is 0 Å². The number of pyridine rings is 1. The number of nitrogens with one attached hydrogen (secondary N) is 2. The summed E-state index contributed by atoms with van der Waals surface area (Å²) < 4.78 is 0. The van der Waals surface area contributed by atoms with Crippen molar-refractivity contribution in [3.05, 3.63) is 29.6 Å². The van der Waals surface area contributed by atoms with Crippen LogP contribution in [0.1, 0.15) is 79.1 Å². The lowest BCUT2D eigenvalue weighted by atomic mass is 10.1. The molecule has 23 heavy (non-hydrogen) atoms. The average Bonchev–Trinajstić information content (AvgIpc) is 2.84. The van der Waals surface area contributed by atoms with E-state index in [4.69, 9.17) is 0 Å². The van der Waals surface area contributed by atoms with E-state index >= 15 is 0 Å². The molecule has 0 saturated heterocycles. The van der Waals surface area contributed by atoms with Crippen molar-refractivity contribution >= 4 is 11.8 Å². The number of nitrogens with zero attached hydrogens (tertiary/aromatic N) is 1. The van der Waals surface area contributed by atoms with Gasteiger partial charge in [0.05, 0.1) is 0 Å². The minimum Gasteiger partial charge on any atom is -0.351 e. The molecule has 0 unspecified atom stereocenters. The number of carbonyl (C=O) groups is 2. The van der Waals surface area contributed by atoms with E-state index in [0.29, 0.717) is 17.8 Å². The lowest BCUT2D eigenvalue weighted by molar-refractivity contribution is 0.0933. The molecule has 0 aliphatic heterocycles. The molecular formula is C18H27N3O2. The number of hydrogen-bond donors (Lipinski definition) is 2. The lowest BCUT2D eigenvalue weighted by Crippen LogP contribution is -2.34. The van der Waals surface area contributed by atoms with Gasteiger partial charge in [0.1, 0.15) is 5.69 Å². The van der Waals surface area contributed by atoms with Crippen LogP contribution in [0.15, 0.2) is 18.3 Å². The molecule has 1 aliphatic carbocycles. The number of amides is 2. The molecule has 0 spiro atoms. The van der Waals surface area contributed by atoms with Gasteiger partial charge in [0.15, 0.2) is 0 Å². The first-order valence-electron chi connectivity index (χ1n) is 8.76. The van der Waals surface area contributed by atoms with Crippen molar-refractivity contribution in [2.24, 2.45) is 0 Å². The van der Waals surface area contributed by atoms with E-state index in [0.717, 1.165) is 25.7 Å².